The van der Waals surface area contributed by atoms with Crippen LogP contribution in [0.2, 0.25) is 0 Å². The lowest BCUT2D eigenvalue weighted by molar-refractivity contribution is 0.252. The summed E-state index contributed by atoms with van der Waals surface area (Å²) in [6.07, 6.45) is 3.91. The van der Waals surface area contributed by atoms with Crippen LogP contribution in [0.5, 0.6) is 0 Å². The van der Waals surface area contributed by atoms with Crippen LogP contribution in [0.1, 0.15) is 5.56 Å². The van der Waals surface area contributed by atoms with Crippen LogP contribution in [-0.4, -0.2) is 22.5 Å². The molecule has 2 N–H and O–H groups in total. The molecule has 0 saturated heterocycles. The number of aromatic nitrogens is 2. The van der Waals surface area contributed by atoms with Gasteiger partial charge in [-0.15, -0.1) is 0 Å². The number of carbonyl (C=O) groups excluding carboxylic acids is 1. The van der Waals surface area contributed by atoms with Gasteiger partial charge in [-0.3, -0.25) is 5.32 Å². The molecule has 0 aliphatic heterocycles. The summed E-state index contributed by atoms with van der Waals surface area (Å²) in [4.78, 5) is 19.5. The predicted molar refractivity (Wildman–Crippen MR) is 84.6 cm³/mol. The minimum absolute atomic E-state index is 0.273. The number of hydrogen-bond donors (Lipinski definition) is 2. The van der Waals surface area contributed by atoms with E-state index in [9.17, 15) is 4.79 Å². The molecule has 0 spiro atoms. The lowest BCUT2D eigenvalue weighted by Crippen LogP contribution is -2.31. The number of benzene rings is 1. The zero-order valence-electron chi connectivity index (χ0n) is 10.4. The van der Waals surface area contributed by atoms with Crippen LogP contribution in [0, 0.1) is 0 Å². The van der Waals surface area contributed by atoms with Gasteiger partial charge in [-0.05, 0) is 40.0 Å². The molecule has 5 nitrogen and oxygen atoms in total. The Hall–Kier alpha value is -1.47. The molecule has 0 bridgehead atoms. The van der Waals surface area contributed by atoms with Crippen molar-refractivity contribution in [3.05, 3.63) is 51.2 Å². The molecular weight excluding hydrogens is 388 g/mol. The van der Waals surface area contributed by atoms with E-state index in [1.165, 1.54) is 0 Å². The fourth-order valence-corrected chi connectivity index (χ4v) is 1.96. The Morgan fingerprint density at radius 2 is 1.70 bits per heavy atom. The zero-order chi connectivity index (χ0) is 14.4. The van der Waals surface area contributed by atoms with Crippen molar-refractivity contribution in [2.45, 2.75) is 6.42 Å². The number of rotatable bonds is 4. The second-order valence-corrected chi connectivity index (χ2v) is 5.81. The van der Waals surface area contributed by atoms with Crippen LogP contribution < -0.4 is 10.6 Å². The van der Waals surface area contributed by atoms with E-state index in [1.54, 1.807) is 12.4 Å². The van der Waals surface area contributed by atoms with E-state index >= 15 is 0 Å². The van der Waals surface area contributed by atoms with Crippen molar-refractivity contribution in [3.63, 3.8) is 0 Å². The summed E-state index contributed by atoms with van der Waals surface area (Å²) in [5.41, 5.74) is 1.16. The van der Waals surface area contributed by atoms with Gasteiger partial charge in [0.2, 0.25) is 5.95 Å². The molecule has 0 unspecified atom stereocenters. The van der Waals surface area contributed by atoms with E-state index < -0.39 is 0 Å². The maximum atomic E-state index is 11.6. The second kappa shape index (κ2) is 7.35. The van der Waals surface area contributed by atoms with Crippen LogP contribution in [0.4, 0.5) is 10.7 Å². The third-order valence-corrected chi connectivity index (χ3v) is 3.40. The predicted octanol–water partition coefficient (Wildman–Crippen LogP) is 3.37. The summed E-state index contributed by atoms with van der Waals surface area (Å²) < 4.78 is 1.80. The molecule has 2 rings (SSSR count). The second-order valence-electron chi connectivity index (χ2n) is 3.98. The minimum atomic E-state index is -0.315. The molecule has 0 radical (unpaired) electrons. The number of urea groups is 1. The molecule has 1 aromatic heterocycles. The highest BCUT2D eigenvalue weighted by molar-refractivity contribution is 9.10. The van der Waals surface area contributed by atoms with Crippen LogP contribution in [0.3, 0.4) is 0 Å². The van der Waals surface area contributed by atoms with Crippen molar-refractivity contribution in [1.82, 2.24) is 15.3 Å². The zero-order valence-corrected chi connectivity index (χ0v) is 13.6. The van der Waals surface area contributed by atoms with E-state index in [2.05, 4.69) is 52.5 Å². The maximum absolute atomic E-state index is 11.6. The van der Waals surface area contributed by atoms with Gasteiger partial charge in [-0.2, -0.15) is 0 Å². The fraction of sp³-hybridized carbons (Fsp3) is 0.154. The van der Waals surface area contributed by atoms with Gasteiger partial charge >= 0.3 is 6.03 Å². The first-order valence-electron chi connectivity index (χ1n) is 5.90. The molecule has 0 aliphatic carbocycles. The van der Waals surface area contributed by atoms with E-state index in [0.29, 0.717) is 6.54 Å². The molecule has 20 heavy (non-hydrogen) atoms. The molecule has 1 heterocycles. The lowest BCUT2D eigenvalue weighted by Gasteiger charge is -2.06. The molecule has 0 fully saturated rings. The topological polar surface area (TPSA) is 66.9 Å². The molecular formula is C13H12Br2N4O. The highest BCUT2D eigenvalue weighted by atomic mass is 79.9. The van der Waals surface area contributed by atoms with Crippen molar-refractivity contribution < 1.29 is 4.79 Å². The van der Waals surface area contributed by atoms with E-state index in [-0.39, 0.29) is 12.0 Å². The average Bonchev–Trinajstić information content (AvgIpc) is 2.44. The van der Waals surface area contributed by atoms with E-state index in [0.717, 1.165) is 20.9 Å². The van der Waals surface area contributed by atoms with Crippen LogP contribution in [0.15, 0.2) is 45.6 Å². The van der Waals surface area contributed by atoms with Gasteiger partial charge in [-0.1, -0.05) is 28.1 Å². The fourth-order valence-electron chi connectivity index (χ4n) is 1.49. The SMILES string of the molecule is O=C(NCCc1ccc(Br)cc1)Nc1ncc(Br)cn1. The van der Waals surface area contributed by atoms with Gasteiger partial charge in [0.05, 0.1) is 4.47 Å². The van der Waals surface area contributed by atoms with Gasteiger partial charge in [0, 0.05) is 23.4 Å². The Bertz CT molecular complexity index is 572. The number of anilines is 1. The number of nitrogens with one attached hydrogen (secondary N) is 2. The van der Waals surface area contributed by atoms with Crippen LogP contribution in [0.25, 0.3) is 0 Å². The molecule has 2 amide bonds. The van der Waals surface area contributed by atoms with Crippen molar-refractivity contribution >= 4 is 43.8 Å². The van der Waals surface area contributed by atoms with Crippen molar-refractivity contribution in [2.75, 3.05) is 11.9 Å². The van der Waals surface area contributed by atoms with Crippen molar-refractivity contribution in [2.24, 2.45) is 0 Å². The van der Waals surface area contributed by atoms with E-state index in [1.807, 2.05) is 24.3 Å². The average molecular weight is 400 g/mol. The monoisotopic (exact) mass is 398 g/mol. The van der Waals surface area contributed by atoms with Gasteiger partial charge in [0.1, 0.15) is 0 Å². The first-order chi connectivity index (χ1) is 9.63. The highest BCUT2D eigenvalue weighted by Gasteiger charge is 2.03. The number of amides is 2. The Morgan fingerprint density at radius 3 is 2.35 bits per heavy atom. The minimum Gasteiger partial charge on any atom is -0.337 e. The van der Waals surface area contributed by atoms with Crippen LogP contribution >= 0.6 is 31.9 Å². The summed E-state index contributed by atoms with van der Waals surface area (Å²) in [6.45, 7) is 0.546. The molecule has 7 heteroatoms. The maximum Gasteiger partial charge on any atom is 0.321 e. The normalized spacial score (nSPS) is 10.1. The Morgan fingerprint density at radius 1 is 1.05 bits per heavy atom. The summed E-state index contributed by atoms with van der Waals surface area (Å²) in [5, 5.41) is 5.32. The van der Waals surface area contributed by atoms with E-state index in [4.69, 9.17) is 0 Å². The third kappa shape index (κ3) is 4.90. The van der Waals surface area contributed by atoms with Gasteiger partial charge in [0.15, 0.2) is 0 Å². The van der Waals surface area contributed by atoms with Crippen molar-refractivity contribution in [3.8, 4) is 0 Å². The van der Waals surface area contributed by atoms with Gasteiger partial charge in [-0.25, -0.2) is 14.8 Å². The standard InChI is InChI=1S/C13H12Br2N4O/c14-10-3-1-9(2-4-10)5-6-16-13(20)19-12-17-7-11(15)8-18-12/h1-4,7-8H,5-6H2,(H2,16,17,18,19,20). The Balaban J connectivity index is 1.75. The third-order valence-electron chi connectivity index (χ3n) is 2.46. The van der Waals surface area contributed by atoms with Gasteiger partial charge < -0.3 is 5.32 Å². The Labute approximate surface area is 133 Å². The highest BCUT2D eigenvalue weighted by Crippen LogP contribution is 2.10. The number of nitrogens with zero attached hydrogens (tertiary/aromatic N) is 2. The Kier molecular flexibility index (Phi) is 5.49. The number of hydrogen-bond acceptors (Lipinski definition) is 3. The summed E-state index contributed by atoms with van der Waals surface area (Å²) in [7, 11) is 0. The summed E-state index contributed by atoms with van der Waals surface area (Å²) in [6, 6.07) is 7.67. The number of carbonyl (C=O) groups is 1. The molecule has 1 aromatic carbocycles. The lowest BCUT2D eigenvalue weighted by atomic mass is 10.1. The molecule has 0 atom stereocenters. The van der Waals surface area contributed by atoms with Gasteiger partial charge in [0.25, 0.3) is 0 Å². The quantitative estimate of drug-likeness (QED) is 0.828. The first kappa shape index (κ1) is 14.9. The van der Waals surface area contributed by atoms with Crippen LogP contribution in [-0.2, 0) is 6.42 Å². The summed E-state index contributed by atoms with van der Waals surface area (Å²) in [5.74, 6) is 0.273. The van der Waals surface area contributed by atoms with Crippen molar-refractivity contribution in [1.29, 1.82) is 0 Å². The number of halogens is 2. The smallest absolute Gasteiger partial charge is 0.321 e. The first-order valence-corrected chi connectivity index (χ1v) is 7.49. The molecule has 104 valence electrons. The molecule has 0 aliphatic rings. The molecule has 0 saturated carbocycles. The molecule has 2 aromatic rings. The summed E-state index contributed by atoms with van der Waals surface area (Å²) >= 11 is 6.61. The largest absolute Gasteiger partial charge is 0.337 e.